The molecule has 2 amide bonds. The molecular weight excluding hydrogens is 464 g/mol. The second kappa shape index (κ2) is 10.3. The van der Waals surface area contributed by atoms with Crippen LogP contribution in [0.5, 0.6) is 0 Å². The maximum atomic E-state index is 13.0. The molecule has 0 spiro atoms. The van der Waals surface area contributed by atoms with Gasteiger partial charge in [0.15, 0.2) is 0 Å². The Morgan fingerprint density at radius 2 is 1.66 bits per heavy atom. The normalized spacial score (nSPS) is 11.3. The lowest BCUT2D eigenvalue weighted by atomic mass is 10.2. The number of carbonyl (C=O) groups is 2. The number of amides is 2. The summed E-state index contributed by atoms with van der Waals surface area (Å²) in [4.78, 5) is 42.6. The van der Waals surface area contributed by atoms with E-state index in [9.17, 15) is 14.4 Å². The van der Waals surface area contributed by atoms with Gasteiger partial charge in [-0.2, -0.15) is 5.10 Å². The number of H-pyrrole nitrogens is 1. The van der Waals surface area contributed by atoms with Crippen molar-refractivity contribution >= 4 is 28.9 Å². The Morgan fingerprint density at radius 3 is 2.34 bits per heavy atom. The van der Waals surface area contributed by atoms with Gasteiger partial charge in [-0.3, -0.25) is 24.5 Å². The van der Waals surface area contributed by atoms with Crippen LogP contribution in [0.15, 0.2) is 70.8 Å². The van der Waals surface area contributed by atoms with E-state index in [1.807, 2.05) is 43.3 Å². The second-order valence-electron chi connectivity index (χ2n) is 7.93. The van der Waals surface area contributed by atoms with Crippen LogP contribution in [0, 0.1) is 13.8 Å². The molecule has 4 aromatic rings. The molecule has 178 valence electrons. The second-order valence-corrected chi connectivity index (χ2v) is 9.01. The van der Waals surface area contributed by atoms with Crippen molar-refractivity contribution in [3.8, 4) is 5.69 Å². The topological polar surface area (TPSA) is 121 Å². The van der Waals surface area contributed by atoms with Gasteiger partial charge in [0.25, 0.3) is 17.4 Å². The Morgan fingerprint density at radius 1 is 1.00 bits per heavy atom. The number of aromatic nitrogens is 3. The van der Waals surface area contributed by atoms with E-state index in [0.717, 1.165) is 22.5 Å². The monoisotopic (exact) mass is 488 g/mol. The zero-order chi connectivity index (χ0) is 24.9. The van der Waals surface area contributed by atoms with Crippen LogP contribution >= 0.6 is 11.3 Å². The van der Waals surface area contributed by atoms with Crippen LogP contribution in [0.1, 0.15) is 48.7 Å². The molecule has 0 fully saturated rings. The summed E-state index contributed by atoms with van der Waals surface area (Å²) < 4.78 is 1.45. The number of hydrogen-bond donors (Lipinski definition) is 3. The number of rotatable bonds is 7. The Kier molecular flexibility index (Phi) is 7.02. The van der Waals surface area contributed by atoms with Crippen LogP contribution in [-0.2, 0) is 6.54 Å². The SMILES string of the molecule is CC(=NNC(=O)c1ccc(C(=O)NCc2ccncc2)s1)c1c(C)[nH]n(-c2ccc(C)cc2)c1=O. The highest BCUT2D eigenvalue weighted by Crippen LogP contribution is 2.17. The van der Waals surface area contributed by atoms with Gasteiger partial charge in [0.2, 0.25) is 0 Å². The van der Waals surface area contributed by atoms with E-state index in [1.165, 1.54) is 4.68 Å². The van der Waals surface area contributed by atoms with E-state index < -0.39 is 5.91 Å². The zero-order valence-electron chi connectivity index (χ0n) is 19.5. The first-order chi connectivity index (χ1) is 16.8. The number of thiophene rings is 1. The van der Waals surface area contributed by atoms with Crippen molar-refractivity contribution in [3.63, 3.8) is 0 Å². The first-order valence-electron chi connectivity index (χ1n) is 10.8. The lowest BCUT2D eigenvalue weighted by Crippen LogP contribution is -2.23. The number of benzene rings is 1. The standard InChI is InChI=1S/C25H24N6O3S/c1-15-4-6-19(7-5-15)31-25(34)22(17(3)30-31)16(2)28-29-24(33)21-9-8-20(35-21)23(32)27-14-18-10-12-26-13-11-18/h4-13,30H,14H2,1-3H3,(H,27,32)(H,29,33). The van der Waals surface area contributed by atoms with E-state index in [-0.39, 0.29) is 11.5 Å². The largest absolute Gasteiger partial charge is 0.347 e. The molecule has 4 rings (SSSR count). The molecule has 0 aliphatic heterocycles. The molecule has 3 aromatic heterocycles. The van der Waals surface area contributed by atoms with E-state index in [2.05, 4.69) is 25.9 Å². The van der Waals surface area contributed by atoms with E-state index >= 15 is 0 Å². The Balaban J connectivity index is 1.43. The predicted molar refractivity (Wildman–Crippen MR) is 135 cm³/mol. The van der Waals surface area contributed by atoms with Gasteiger partial charge in [-0.25, -0.2) is 10.1 Å². The molecule has 3 heterocycles. The quantitative estimate of drug-likeness (QED) is 0.273. The minimum absolute atomic E-state index is 0.258. The third-order valence-corrected chi connectivity index (χ3v) is 6.39. The van der Waals surface area contributed by atoms with Crippen molar-refractivity contribution in [1.82, 2.24) is 25.5 Å². The number of carbonyl (C=O) groups excluding carboxylic acids is 2. The number of hydrazone groups is 1. The van der Waals surface area contributed by atoms with E-state index in [1.54, 1.807) is 38.4 Å². The summed E-state index contributed by atoms with van der Waals surface area (Å²) in [5.74, 6) is -0.736. The number of aryl methyl sites for hydroxylation is 2. The van der Waals surface area contributed by atoms with Crippen LogP contribution in [-0.4, -0.2) is 32.3 Å². The summed E-state index contributed by atoms with van der Waals surface area (Å²) >= 11 is 1.06. The summed E-state index contributed by atoms with van der Waals surface area (Å²) in [6.07, 6.45) is 3.31. The van der Waals surface area contributed by atoms with Crippen LogP contribution in [0.25, 0.3) is 5.69 Å². The van der Waals surface area contributed by atoms with Crippen molar-refractivity contribution in [3.05, 3.63) is 103 Å². The first-order valence-corrected chi connectivity index (χ1v) is 11.7. The van der Waals surface area contributed by atoms with Crippen molar-refractivity contribution in [2.24, 2.45) is 5.10 Å². The molecule has 0 saturated carbocycles. The maximum absolute atomic E-state index is 13.0. The molecule has 9 nitrogen and oxygen atoms in total. The summed E-state index contributed by atoms with van der Waals surface area (Å²) in [5, 5.41) is 10.00. The number of hydrogen-bond acceptors (Lipinski definition) is 6. The molecule has 0 aliphatic carbocycles. The molecule has 35 heavy (non-hydrogen) atoms. The molecule has 1 aromatic carbocycles. The first kappa shape index (κ1) is 23.8. The Bertz CT molecular complexity index is 1450. The van der Waals surface area contributed by atoms with E-state index in [4.69, 9.17) is 0 Å². The summed E-state index contributed by atoms with van der Waals surface area (Å²) in [5.41, 5.74) is 6.33. The minimum atomic E-state index is -0.463. The highest BCUT2D eigenvalue weighted by atomic mass is 32.1. The fourth-order valence-corrected chi connectivity index (χ4v) is 4.26. The van der Waals surface area contributed by atoms with Crippen LogP contribution in [0.4, 0.5) is 0 Å². The average molecular weight is 489 g/mol. The van der Waals surface area contributed by atoms with Gasteiger partial charge in [0.1, 0.15) is 0 Å². The highest BCUT2D eigenvalue weighted by molar-refractivity contribution is 7.15. The van der Waals surface area contributed by atoms with Crippen LogP contribution < -0.4 is 16.3 Å². The number of pyridine rings is 1. The lowest BCUT2D eigenvalue weighted by molar-refractivity contribution is 0.0950. The molecule has 0 aliphatic rings. The van der Waals surface area contributed by atoms with Gasteiger partial charge in [0, 0.05) is 24.6 Å². The zero-order valence-corrected chi connectivity index (χ0v) is 20.3. The smallest absolute Gasteiger partial charge is 0.281 e. The van der Waals surface area contributed by atoms with Gasteiger partial charge in [-0.05, 0) is 62.7 Å². The van der Waals surface area contributed by atoms with Crippen molar-refractivity contribution in [2.45, 2.75) is 27.3 Å². The lowest BCUT2D eigenvalue weighted by Gasteiger charge is -2.03. The Hall–Kier alpha value is -4.31. The van der Waals surface area contributed by atoms with Gasteiger partial charge in [-0.15, -0.1) is 11.3 Å². The van der Waals surface area contributed by atoms with Crippen molar-refractivity contribution < 1.29 is 9.59 Å². The molecule has 0 saturated heterocycles. The predicted octanol–water partition coefficient (Wildman–Crippen LogP) is 3.32. The molecular formula is C25H24N6O3S. The van der Waals surface area contributed by atoms with Gasteiger partial charge >= 0.3 is 0 Å². The van der Waals surface area contributed by atoms with Crippen molar-refractivity contribution in [2.75, 3.05) is 0 Å². The molecule has 0 bridgehead atoms. The fraction of sp³-hybridized carbons (Fsp3) is 0.160. The molecule has 0 radical (unpaired) electrons. The summed E-state index contributed by atoms with van der Waals surface area (Å²) in [7, 11) is 0. The number of nitrogens with one attached hydrogen (secondary N) is 3. The third kappa shape index (κ3) is 5.44. The average Bonchev–Trinajstić information content (AvgIpc) is 3.47. The molecule has 3 N–H and O–H groups in total. The molecule has 0 unspecified atom stereocenters. The number of nitrogens with zero attached hydrogens (tertiary/aromatic N) is 3. The van der Waals surface area contributed by atoms with E-state index in [0.29, 0.717) is 39.0 Å². The highest BCUT2D eigenvalue weighted by Gasteiger charge is 2.17. The van der Waals surface area contributed by atoms with Crippen LogP contribution in [0.2, 0.25) is 0 Å². The van der Waals surface area contributed by atoms with Gasteiger partial charge < -0.3 is 5.32 Å². The number of aromatic amines is 1. The minimum Gasteiger partial charge on any atom is -0.347 e. The van der Waals surface area contributed by atoms with Gasteiger partial charge in [-0.1, -0.05) is 17.7 Å². The third-order valence-electron chi connectivity index (χ3n) is 5.31. The Labute approximate surface area is 205 Å². The fourth-order valence-electron chi connectivity index (χ4n) is 3.45. The van der Waals surface area contributed by atoms with Crippen molar-refractivity contribution in [1.29, 1.82) is 0 Å². The summed E-state index contributed by atoms with van der Waals surface area (Å²) in [6, 6.07) is 14.3. The maximum Gasteiger partial charge on any atom is 0.281 e. The van der Waals surface area contributed by atoms with Gasteiger partial charge in [0.05, 0.1) is 26.7 Å². The molecule has 10 heteroatoms. The molecule has 0 atom stereocenters. The summed E-state index contributed by atoms with van der Waals surface area (Å²) in [6.45, 7) is 5.77. The van der Waals surface area contributed by atoms with Crippen LogP contribution in [0.3, 0.4) is 0 Å².